The number of thioether (sulfide) groups is 1. The van der Waals surface area contributed by atoms with Crippen LogP contribution in [0.5, 0.6) is 0 Å². The molecule has 0 atom stereocenters. The molecular weight excluding hydrogens is 298 g/mol. The van der Waals surface area contributed by atoms with Crippen molar-refractivity contribution in [3.63, 3.8) is 0 Å². The number of amides is 2. The van der Waals surface area contributed by atoms with Gasteiger partial charge in [-0.1, -0.05) is 11.6 Å². The Bertz CT molecular complexity index is 440. The molecule has 5 nitrogen and oxygen atoms in total. The van der Waals surface area contributed by atoms with Crippen LogP contribution in [0.1, 0.15) is 6.42 Å². The fraction of sp³-hybridized carbons (Fsp3) is 0.385. The Morgan fingerprint density at radius 3 is 2.55 bits per heavy atom. The molecule has 0 saturated carbocycles. The molecule has 110 valence electrons. The summed E-state index contributed by atoms with van der Waals surface area (Å²) in [5.74, 6) is 0.776. The van der Waals surface area contributed by atoms with E-state index < -0.39 is 0 Å². The topological polar surface area (TPSA) is 84.2 Å². The van der Waals surface area contributed by atoms with E-state index in [0.717, 1.165) is 0 Å². The van der Waals surface area contributed by atoms with Crippen LogP contribution in [-0.2, 0) is 9.59 Å². The highest BCUT2D eigenvalue weighted by Gasteiger charge is 2.04. The van der Waals surface area contributed by atoms with Gasteiger partial charge in [0.2, 0.25) is 11.8 Å². The van der Waals surface area contributed by atoms with Crippen molar-refractivity contribution in [2.24, 2.45) is 5.73 Å². The fourth-order valence-corrected chi connectivity index (χ4v) is 2.22. The van der Waals surface area contributed by atoms with Gasteiger partial charge in [-0.05, 0) is 24.3 Å². The van der Waals surface area contributed by atoms with E-state index in [9.17, 15) is 9.59 Å². The maximum absolute atomic E-state index is 11.6. The molecule has 7 heteroatoms. The van der Waals surface area contributed by atoms with Crippen molar-refractivity contribution in [3.05, 3.63) is 29.3 Å². The third-order valence-electron chi connectivity index (χ3n) is 2.30. The molecule has 0 unspecified atom stereocenters. The highest BCUT2D eigenvalue weighted by atomic mass is 35.5. The van der Waals surface area contributed by atoms with Crippen LogP contribution >= 0.6 is 23.4 Å². The van der Waals surface area contributed by atoms with E-state index in [0.29, 0.717) is 41.7 Å². The van der Waals surface area contributed by atoms with Crippen LogP contribution in [0.4, 0.5) is 5.69 Å². The molecule has 0 aliphatic carbocycles. The fourth-order valence-electron chi connectivity index (χ4n) is 1.36. The van der Waals surface area contributed by atoms with Gasteiger partial charge >= 0.3 is 0 Å². The van der Waals surface area contributed by atoms with Crippen molar-refractivity contribution in [1.82, 2.24) is 5.32 Å². The summed E-state index contributed by atoms with van der Waals surface area (Å²) in [6.07, 6.45) is 0.388. The van der Waals surface area contributed by atoms with Gasteiger partial charge in [0, 0.05) is 36.0 Å². The number of anilines is 1. The summed E-state index contributed by atoms with van der Waals surface area (Å²) in [7, 11) is 0. The minimum Gasteiger partial charge on any atom is -0.355 e. The lowest BCUT2D eigenvalue weighted by atomic mass is 10.3. The third-order valence-corrected chi connectivity index (χ3v) is 3.51. The van der Waals surface area contributed by atoms with Gasteiger partial charge in [0.05, 0.1) is 5.75 Å². The molecule has 4 N–H and O–H groups in total. The Hall–Kier alpha value is -1.24. The van der Waals surface area contributed by atoms with Crippen LogP contribution in [0.3, 0.4) is 0 Å². The second-order valence-corrected chi connectivity index (χ2v) is 5.54. The summed E-state index contributed by atoms with van der Waals surface area (Å²) in [6.45, 7) is 0.920. The van der Waals surface area contributed by atoms with Gasteiger partial charge in [0.25, 0.3) is 0 Å². The molecule has 0 aromatic heterocycles. The van der Waals surface area contributed by atoms with E-state index in [1.165, 1.54) is 11.8 Å². The zero-order valence-corrected chi connectivity index (χ0v) is 12.6. The average Bonchev–Trinajstić information content (AvgIpc) is 2.44. The number of rotatable bonds is 8. The number of benzene rings is 1. The Balaban J connectivity index is 2.14. The van der Waals surface area contributed by atoms with Gasteiger partial charge in [-0.2, -0.15) is 11.8 Å². The van der Waals surface area contributed by atoms with Crippen LogP contribution in [0.2, 0.25) is 5.02 Å². The Morgan fingerprint density at radius 2 is 1.90 bits per heavy atom. The van der Waals surface area contributed by atoms with E-state index in [1.807, 2.05) is 0 Å². The van der Waals surface area contributed by atoms with Crippen molar-refractivity contribution >= 4 is 40.9 Å². The van der Waals surface area contributed by atoms with Crippen molar-refractivity contribution in [3.8, 4) is 0 Å². The lowest BCUT2D eigenvalue weighted by Crippen LogP contribution is -2.29. The number of nitrogens with one attached hydrogen (secondary N) is 2. The lowest BCUT2D eigenvalue weighted by Gasteiger charge is -2.05. The van der Waals surface area contributed by atoms with Crippen molar-refractivity contribution in [1.29, 1.82) is 0 Å². The standard InChI is InChI=1S/C13H18ClN3O2S/c14-10-1-3-11(4-2-10)17-13(19)9-20-8-5-12(18)16-7-6-15/h1-4H,5-9,15H2,(H,16,18)(H,17,19). The van der Waals surface area contributed by atoms with Gasteiger partial charge in [0.15, 0.2) is 0 Å². The summed E-state index contributed by atoms with van der Waals surface area (Å²) < 4.78 is 0. The van der Waals surface area contributed by atoms with Crippen LogP contribution in [0.15, 0.2) is 24.3 Å². The molecule has 2 amide bonds. The minimum absolute atomic E-state index is 0.0407. The highest BCUT2D eigenvalue weighted by molar-refractivity contribution is 7.99. The van der Waals surface area contributed by atoms with Gasteiger partial charge in [0.1, 0.15) is 0 Å². The Morgan fingerprint density at radius 1 is 1.20 bits per heavy atom. The lowest BCUT2D eigenvalue weighted by molar-refractivity contribution is -0.120. The number of carbonyl (C=O) groups excluding carboxylic acids is 2. The molecule has 0 heterocycles. The van der Waals surface area contributed by atoms with E-state index >= 15 is 0 Å². The SMILES string of the molecule is NCCNC(=O)CCSCC(=O)Nc1ccc(Cl)cc1. The number of nitrogens with two attached hydrogens (primary N) is 1. The molecular formula is C13H18ClN3O2S. The summed E-state index contributed by atoms with van der Waals surface area (Å²) in [5.41, 5.74) is 5.98. The van der Waals surface area contributed by atoms with Crippen LogP contribution in [0, 0.1) is 0 Å². The molecule has 0 aliphatic rings. The van der Waals surface area contributed by atoms with E-state index in [1.54, 1.807) is 24.3 Å². The predicted octanol–water partition coefficient (Wildman–Crippen LogP) is 1.48. The molecule has 20 heavy (non-hydrogen) atoms. The van der Waals surface area contributed by atoms with Crippen molar-refractivity contribution in [2.75, 3.05) is 29.9 Å². The number of halogens is 1. The van der Waals surface area contributed by atoms with Crippen LogP contribution < -0.4 is 16.4 Å². The van der Waals surface area contributed by atoms with Gasteiger partial charge in [-0.3, -0.25) is 9.59 Å². The van der Waals surface area contributed by atoms with Crippen LogP contribution in [-0.4, -0.2) is 36.4 Å². The smallest absolute Gasteiger partial charge is 0.234 e. The minimum atomic E-state index is -0.0975. The number of hydrogen-bond acceptors (Lipinski definition) is 4. The van der Waals surface area contributed by atoms with E-state index in [2.05, 4.69) is 10.6 Å². The third kappa shape index (κ3) is 7.37. The van der Waals surface area contributed by atoms with Gasteiger partial charge in [-0.15, -0.1) is 0 Å². The second-order valence-electron chi connectivity index (χ2n) is 4.00. The molecule has 0 spiro atoms. The first-order valence-electron chi connectivity index (χ1n) is 6.21. The zero-order chi connectivity index (χ0) is 14.8. The maximum atomic E-state index is 11.6. The summed E-state index contributed by atoms with van der Waals surface area (Å²) >= 11 is 7.17. The second kappa shape index (κ2) is 9.63. The molecule has 0 saturated heterocycles. The van der Waals surface area contributed by atoms with E-state index in [-0.39, 0.29) is 11.8 Å². The molecule has 0 fully saturated rings. The summed E-state index contributed by atoms with van der Waals surface area (Å²) in [6, 6.07) is 6.91. The first-order chi connectivity index (χ1) is 9.61. The maximum Gasteiger partial charge on any atom is 0.234 e. The molecule has 1 aromatic rings. The van der Waals surface area contributed by atoms with Gasteiger partial charge in [-0.25, -0.2) is 0 Å². The van der Waals surface area contributed by atoms with Crippen molar-refractivity contribution < 1.29 is 9.59 Å². The van der Waals surface area contributed by atoms with E-state index in [4.69, 9.17) is 17.3 Å². The Kier molecular flexibility index (Phi) is 8.10. The number of carbonyl (C=O) groups is 2. The molecule has 1 rings (SSSR count). The first kappa shape index (κ1) is 16.8. The summed E-state index contributed by atoms with van der Waals surface area (Å²) in [5, 5.41) is 6.06. The highest BCUT2D eigenvalue weighted by Crippen LogP contribution is 2.13. The first-order valence-corrected chi connectivity index (χ1v) is 7.75. The molecule has 0 radical (unpaired) electrons. The van der Waals surface area contributed by atoms with Crippen molar-refractivity contribution in [2.45, 2.75) is 6.42 Å². The monoisotopic (exact) mass is 315 g/mol. The number of hydrogen-bond donors (Lipinski definition) is 3. The zero-order valence-electron chi connectivity index (χ0n) is 11.0. The predicted molar refractivity (Wildman–Crippen MR) is 84.1 cm³/mol. The molecule has 0 bridgehead atoms. The largest absolute Gasteiger partial charge is 0.355 e. The normalized spacial score (nSPS) is 10.1. The molecule has 1 aromatic carbocycles. The Labute approximate surface area is 127 Å². The summed E-state index contributed by atoms with van der Waals surface area (Å²) in [4.78, 5) is 22.9. The van der Waals surface area contributed by atoms with Gasteiger partial charge < -0.3 is 16.4 Å². The van der Waals surface area contributed by atoms with Crippen LogP contribution in [0.25, 0.3) is 0 Å². The molecule has 0 aliphatic heterocycles. The average molecular weight is 316 g/mol. The quantitative estimate of drug-likeness (QED) is 0.634.